The number of hydrogen-bond donors (Lipinski definition) is 3. The molecule has 0 saturated carbocycles. The summed E-state index contributed by atoms with van der Waals surface area (Å²) in [5, 5.41) is 42.1. The SMILES string of the molecule is C=C[C@H]([C@H](O)CC/C(=C/c1cc(Br)ccc1O)CC)[C@H](O)c1ccc([N+](=O)[O-])cc1. The molecule has 3 atom stereocenters. The van der Waals surface area contributed by atoms with Crippen LogP contribution in [-0.2, 0) is 0 Å². The minimum absolute atomic E-state index is 0.0600. The average Bonchev–Trinajstić information content (AvgIpc) is 2.73. The van der Waals surface area contributed by atoms with E-state index in [2.05, 4.69) is 22.5 Å². The standard InChI is InChI=1S/C23H26BrNO5/c1-3-15(13-17-14-18(24)8-12-21(17)26)5-11-22(27)20(4-2)23(28)16-6-9-19(10-7-16)25(29)30/h4,6-10,12-14,20,22-23,26-28H,2-3,5,11H2,1H3/b15-13+/t20-,22-,23-/m1/s1. The first-order chi connectivity index (χ1) is 14.3. The Bertz CT molecular complexity index is 910. The number of aliphatic hydroxyl groups excluding tert-OH is 2. The second-order valence-electron chi connectivity index (χ2n) is 7.07. The fourth-order valence-corrected chi connectivity index (χ4v) is 3.63. The molecule has 0 saturated heterocycles. The van der Waals surface area contributed by atoms with Crippen LogP contribution in [0.1, 0.15) is 43.4 Å². The Labute approximate surface area is 184 Å². The first kappa shape index (κ1) is 23.8. The maximum atomic E-state index is 10.8. The Morgan fingerprint density at radius 2 is 1.90 bits per heavy atom. The van der Waals surface area contributed by atoms with Crippen molar-refractivity contribution in [1.29, 1.82) is 0 Å². The molecule has 2 aromatic rings. The number of nitro groups is 1. The van der Waals surface area contributed by atoms with Gasteiger partial charge in [-0.1, -0.05) is 40.6 Å². The number of aromatic hydroxyl groups is 1. The first-order valence-electron chi connectivity index (χ1n) is 9.67. The van der Waals surface area contributed by atoms with Crippen molar-refractivity contribution in [3.63, 3.8) is 0 Å². The van der Waals surface area contributed by atoms with Crippen LogP contribution >= 0.6 is 15.9 Å². The van der Waals surface area contributed by atoms with Crippen LogP contribution in [0, 0.1) is 16.0 Å². The molecule has 160 valence electrons. The van der Waals surface area contributed by atoms with Gasteiger partial charge in [-0.3, -0.25) is 10.1 Å². The molecule has 0 spiro atoms. The summed E-state index contributed by atoms with van der Waals surface area (Å²) in [5.74, 6) is -0.439. The van der Waals surface area contributed by atoms with Crippen molar-refractivity contribution in [3.05, 3.63) is 86.4 Å². The van der Waals surface area contributed by atoms with Crippen molar-refractivity contribution in [2.75, 3.05) is 0 Å². The highest BCUT2D eigenvalue weighted by molar-refractivity contribution is 9.10. The fraction of sp³-hybridized carbons (Fsp3) is 0.304. The molecule has 2 aromatic carbocycles. The van der Waals surface area contributed by atoms with E-state index in [4.69, 9.17) is 0 Å². The number of benzene rings is 2. The highest BCUT2D eigenvalue weighted by Crippen LogP contribution is 2.31. The van der Waals surface area contributed by atoms with Gasteiger partial charge >= 0.3 is 0 Å². The molecule has 0 unspecified atom stereocenters. The van der Waals surface area contributed by atoms with Crippen molar-refractivity contribution in [2.24, 2.45) is 5.92 Å². The number of aliphatic hydroxyl groups is 2. The van der Waals surface area contributed by atoms with Gasteiger partial charge in [0.05, 0.1) is 17.1 Å². The van der Waals surface area contributed by atoms with E-state index in [0.717, 1.165) is 16.5 Å². The van der Waals surface area contributed by atoms with Gasteiger partial charge in [0.15, 0.2) is 0 Å². The van der Waals surface area contributed by atoms with Crippen LogP contribution in [0.15, 0.2) is 65.2 Å². The second kappa shape index (κ2) is 11.1. The van der Waals surface area contributed by atoms with Crippen molar-refractivity contribution in [2.45, 2.75) is 38.4 Å². The zero-order valence-corrected chi connectivity index (χ0v) is 18.3. The number of rotatable bonds is 10. The molecule has 0 aliphatic rings. The lowest BCUT2D eigenvalue weighted by molar-refractivity contribution is -0.384. The van der Waals surface area contributed by atoms with Crippen LogP contribution in [0.5, 0.6) is 5.75 Å². The van der Waals surface area contributed by atoms with Crippen molar-refractivity contribution in [1.82, 2.24) is 0 Å². The molecule has 6 nitrogen and oxygen atoms in total. The minimum atomic E-state index is -1.03. The number of nitrogens with zero attached hydrogens (tertiary/aromatic N) is 1. The van der Waals surface area contributed by atoms with Crippen LogP contribution < -0.4 is 0 Å². The van der Waals surface area contributed by atoms with Gasteiger partial charge in [-0.05, 0) is 55.2 Å². The average molecular weight is 476 g/mol. The second-order valence-corrected chi connectivity index (χ2v) is 7.99. The van der Waals surface area contributed by atoms with Crippen LogP contribution in [0.25, 0.3) is 6.08 Å². The summed E-state index contributed by atoms with van der Waals surface area (Å²) in [6.07, 6.45) is 3.27. The lowest BCUT2D eigenvalue weighted by Gasteiger charge is -2.25. The Morgan fingerprint density at radius 1 is 1.23 bits per heavy atom. The van der Waals surface area contributed by atoms with Gasteiger partial charge in [0.25, 0.3) is 5.69 Å². The van der Waals surface area contributed by atoms with Crippen LogP contribution in [0.2, 0.25) is 0 Å². The largest absolute Gasteiger partial charge is 0.507 e. The van der Waals surface area contributed by atoms with Crippen molar-refractivity contribution in [3.8, 4) is 5.75 Å². The van der Waals surface area contributed by atoms with Crippen molar-refractivity contribution >= 4 is 27.7 Å². The number of halogens is 1. The van der Waals surface area contributed by atoms with Gasteiger partial charge in [0.2, 0.25) is 0 Å². The van der Waals surface area contributed by atoms with E-state index in [9.17, 15) is 25.4 Å². The zero-order chi connectivity index (χ0) is 22.3. The zero-order valence-electron chi connectivity index (χ0n) is 16.7. The molecule has 2 rings (SSSR count). The third-order valence-electron chi connectivity index (χ3n) is 5.09. The quantitative estimate of drug-likeness (QED) is 0.238. The molecule has 0 amide bonds. The number of hydrogen-bond acceptors (Lipinski definition) is 5. The number of allylic oxidation sites excluding steroid dienone is 1. The highest BCUT2D eigenvalue weighted by atomic mass is 79.9. The normalized spacial score (nSPS) is 14.7. The van der Waals surface area contributed by atoms with Gasteiger partial charge in [-0.2, -0.15) is 0 Å². The Kier molecular flexibility index (Phi) is 8.77. The third-order valence-corrected chi connectivity index (χ3v) is 5.58. The summed E-state index contributed by atoms with van der Waals surface area (Å²) in [5.41, 5.74) is 2.17. The number of phenols is 1. The monoisotopic (exact) mass is 475 g/mol. The lowest BCUT2D eigenvalue weighted by Crippen LogP contribution is -2.25. The molecular weight excluding hydrogens is 450 g/mol. The van der Waals surface area contributed by atoms with Gasteiger partial charge in [0, 0.05) is 28.1 Å². The van der Waals surface area contributed by atoms with Crippen molar-refractivity contribution < 1.29 is 20.2 Å². The predicted molar refractivity (Wildman–Crippen MR) is 121 cm³/mol. The molecule has 0 aliphatic carbocycles. The fourth-order valence-electron chi connectivity index (χ4n) is 3.25. The smallest absolute Gasteiger partial charge is 0.269 e. The summed E-state index contributed by atoms with van der Waals surface area (Å²) in [6.45, 7) is 5.73. The van der Waals surface area contributed by atoms with E-state index >= 15 is 0 Å². The van der Waals surface area contributed by atoms with E-state index in [0.29, 0.717) is 24.0 Å². The maximum absolute atomic E-state index is 10.8. The predicted octanol–water partition coefficient (Wildman–Crippen LogP) is 5.53. The molecule has 0 aromatic heterocycles. The molecule has 3 N–H and O–H groups in total. The molecule has 0 fully saturated rings. The Morgan fingerprint density at radius 3 is 2.47 bits per heavy atom. The van der Waals surface area contributed by atoms with Crippen LogP contribution in [0.4, 0.5) is 5.69 Å². The number of nitro benzene ring substituents is 1. The third kappa shape index (κ3) is 6.26. The van der Waals surface area contributed by atoms with Gasteiger partial charge in [-0.15, -0.1) is 6.58 Å². The van der Waals surface area contributed by atoms with Gasteiger partial charge in [-0.25, -0.2) is 0 Å². The van der Waals surface area contributed by atoms with E-state index in [-0.39, 0.29) is 11.4 Å². The van der Waals surface area contributed by atoms with E-state index in [1.807, 2.05) is 19.1 Å². The van der Waals surface area contributed by atoms with E-state index in [1.165, 1.54) is 30.3 Å². The molecule has 0 heterocycles. The van der Waals surface area contributed by atoms with E-state index in [1.54, 1.807) is 12.1 Å². The first-order valence-corrected chi connectivity index (χ1v) is 10.5. The van der Waals surface area contributed by atoms with Crippen LogP contribution in [-0.4, -0.2) is 26.3 Å². The number of non-ortho nitro benzene ring substituents is 1. The van der Waals surface area contributed by atoms with Gasteiger partial charge < -0.3 is 15.3 Å². The molecular formula is C23H26BrNO5. The summed E-state index contributed by atoms with van der Waals surface area (Å²) >= 11 is 3.39. The maximum Gasteiger partial charge on any atom is 0.269 e. The Hall–Kier alpha value is -2.48. The Balaban J connectivity index is 2.08. The molecule has 0 bridgehead atoms. The number of phenolic OH excluding ortho intramolecular Hbond substituents is 1. The molecule has 0 radical (unpaired) electrons. The minimum Gasteiger partial charge on any atom is -0.507 e. The summed E-state index contributed by atoms with van der Waals surface area (Å²) in [7, 11) is 0. The highest BCUT2D eigenvalue weighted by Gasteiger charge is 2.26. The van der Waals surface area contributed by atoms with Crippen LogP contribution in [0.3, 0.4) is 0 Å². The topological polar surface area (TPSA) is 104 Å². The summed E-state index contributed by atoms with van der Waals surface area (Å²) in [4.78, 5) is 10.3. The molecule has 30 heavy (non-hydrogen) atoms. The summed E-state index contributed by atoms with van der Waals surface area (Å²) in [6, 6.07) is 10.8. The molecule has 0 aliphatic heterocycles. The molecule has 7 heteroatoms. The summed E-state index contributed by atoms with van der Waals surface area (Å²) < 4.78 is 0.861. The van der Waals surface area contributed by atoms with Gasteiger partial charge in [0.1, 0.15) is 5.75 Å². The van der Waals surface area contributed by atoms with E-state index < -0.39 is 23.0 Å². The lowest BCUT2D eigenvalue weighted by atomic mass is 9.87.